The van der Waals surface area contributed by atoms with Crippen LogP contribution in [0.25, 0.3) is 33.3 Å². The van der Waals surface area contributed by atoms with Crippen molar-refractivity contribution in [3.63, 3.8) is 0 Å². The van der Waals surface area contributed by atoms with Crippen molar-refractivity contribution in [2.75, 3.05) is 5.73 Å². The number of hydrogen-bond acceptors (Lipinski definition) is 4. The quantitative estimate of drug-likeness (QED) is 0.219. The first-order valence-electron chi connectivity index (χ1n) is 13.2. The highest BCUT2D eigenvalue weighted by Gasteiger charge is 2.41. The standard InChI is InChI=1S/C35H29N5/c1-3-12-25(13-4-2)35(26-14-7-5-8-15-26,27-16-9-6-10-17-27)40-32-21-23-37-24-29(32)28-19-20-31(39-34(28)40)33-30(36)18-11-22-38-33/h3-24H,1,36H2,2H3/b13-4-,25-12+. The van der Waals surface area contributed by atoms with Crippen molar-refractivity contribution >= 4 is 27.6 Å². The normalized spacial score (nSPS) is 12.4. The van der Waals surface area contributed by atoms with E-state index in [1.807, 2.05) is 55.7 Å². The molecule has 0 atom stereocenters. The minimum Gasteiger partial charge on any atom is -0.397 e. The summed E-state index contributed by atoms with van der Waals surface area (Å²) in [6, 6.07) is 30.9. The van der Waals surface area contributed by atoms with E-state index in [9.17, 15) is 0 Å². The van der Waals surface area contributed by atoms with E-state index >= 15 is 0 Å². The lowest BCUT2D eigenvalue weighted by Crippen LogP contribution is -2.38. The van der Waals surface area contributed by atoms with Crippen molar-refractivity contribution in [2.45, 2.75) is 12.5 Å². The Morgan fingerprint density at radius 3 is 2.23 bits per heavy atom. The first-order chi connectivity index (χ1) is 19.7. The summed E-state index contributed by atoms with van der Waals surface area (Å²) >= 11 is 0. The smallest absolute Gasteiger partial charge is 0.143 e. The van der Waals surface area contributed by atoms with Crippen LogP contribution in [0.4, 0.5) is 5.69 Å². The molecule has 0 aliphatic rings. The Kier molecular flexibility index (Phi) is 6.54. The molecule has 6 aromatic rings. The third-order valence-corrected chi connectivity index (χ3v) is 7.28. The molecule has 0 aliphatic carbocycles. The van der Waals surface area contributed by atoms with Crippen molar-refractivity contribution in [1.82, 2.24) is 19.5 Å². The van der Waals surface area contributed by atoms with Gasteiger partial charge in [0, 0.05) is 29.4 Å². The highest BCUT2D eigenvalue weighted by atomic mass is 15.1. The summed E-state index contributed by atoms with van der Waals surface area (Å²) in [5.74, 6) is 0. The van der Waals surface area contributed by atoms with Gasteiger partial charge in [-0.05, 0) is 54.0 Å². The average Bonchev–Trinajstić information content (AvgIpc) is 3.33. The van der Waals surface area contributed by atoms with E-state index in [2.05, 4.69) is 100 Å². The van der Waals surface area contributed by atoms with Gasteiger partial charge in [-0.1, -0.05) is 91.5 Å². The molecule has 0 radical (unpaired) electrons. The minimum absolute atomic E-state index is 0.581. The Bertz CT molecular complexity index is 1840. The summed E-state index contributed by atoms with van der Waals surface area (Å²) in [6.07, 6.45) is 13.6. The number of allylic oxidation sites excluding steroid dienone is 5. The predicted molar refractivity (Wildman–Crippen MR) is 165 cm³/mol. The van der Waals surface area contributed by atoms with E-state index < -0.39 is 5.54 Å². The molecule has 5 nitrogen and oxygen atoms in total. The third kappa shape index (κ3) is 3.91. The van der Waals surface area contributed by atoms with Gasteiger partial charge in [-0.3, -0.25) is 9.97 Å². The van der Waals surface area contributed by atoms with Gasteiger partial charge in [-0.25, -0.2) is 4.98 Å². The second-order valence-corrected chi connectivity index (χ2v) is 9.54. The Labute approximate surface area is 233 Å². The van der Waals surface area contributed by atoms with Gasteiger partial charge >= 0.3 is 0 Å². The second kappa shape index (κ2) is 10.5. The predicted octanol–water partition coefficient (Wildman–Crippen LogP) is 7.71. The van der Waals surface area contributed by atoms with E-state index in [0.717, 1.165) is 38.6 Å². The molecule has 194 valence electrons. The number of benzene rings is 2. The number of hydrogen-bond donors (Lipinski definition) is 1. The molecule has 6 rings (SSSR count). The summed E-state index contributed by atoms with van der Waals surface area (Å²) in [5, 5.41) is 2.01. The molecule has 0 bridgehead atoms. The fraction of sp³-hybridized carbons (Fsp3) is 0.0571. The summed E-state index contributed by atoms with van der Waals surface area (Å²) in [4.78, 5) is 14.3. The van der Waals surface area contributed by atoms with Gasteiger partial charge in [0.2, 0.25) is 0 Å². The summed E-state index contributed by atoms with van der Waals surface area (Å²) in [5.41, 5.74) is 12.5. The zero-order valence-electron chi connectivity index (χ0n) is 22.3. The molecule has 0 saturated heterocycles. The van der Waals surface area contributed by atoms with Crippen LogP contribution in [0.15, 0.2) is 146 Å². The maximum atomic E-state index is 6.36. The Balaban J connectivity index is 1.86. The van der Waals surface area contributed by atoms with Crippen LogP contribution in [0.3, 0.4) is 0 Å². The number of fused-ring (bicyclic) bond motifs is 3. The van der Waals surface area contributed by atoms with Crippen LogP contribution in [-0.4, -0.2) is 19.5 Å². The Morgan fingerprint density at radius 1 is 0.850 bits per heavy atom. The lowest BCUT2D eigenvalue weighted by atomic mass is 9.75. The van der Waals surface area contributed by atoms with Gasteiger partial charge in [-0.15, -0.1) is 0 Å². The van der Waals surface area contributed by atoms with E-state index in [4.69, 9.17) is 10.7 Å². The number of nitrogens with zero attached hydrogens (tertiary/aromatic N) is 4. The van der Waals surface area contributed by atoms with Gasteiger partial charge < -0.3 is 10.3 Å². The Morgan fingerprint density at radius 2 is 1.57 bits per heavy atom. The molecular formula is C35H29N5. The highest BCUT2D eigenvalue weighted by molar-refractivity contribution is 6.07. The number of nitrogen functional groups attached to an aromatic ring is 1. The van der Waals surface area contributed by atoms with Gasteiger partial charge in [-0.2, -0.15) is 0 Å². The fourth-order valence-electron chi connectivity index (χ4n) is 5.69. The van der Waals surface area contributed by atoms with Gasteiger partial charge in [0.15, 0.2) is 0 Å². The lowest BCUT2D eigenvalue weighted by molar-refractivity contribution is 0.544. The van der Waals surface area contributed by atoms with Crippen molar-refractivity contribution in [2.24, 2.45) is 0 Å². The lowest BCUT2D eigenvalue weighted by Gasteiger charge is -2.39. The van der Waals surface area contributed by atoms with E-state index in [-0.39, 0.29) is 0 Å². The maximum Gasteiger partial charge on any atom is 0.143 e. The summed E-state index contributed by atoms with van der Waals surface area (Å²) in [7, 11) is 0. The van der Waals surface area contributed by atoms with Crippen molar-refractivity contribution in [3.05, 3.63) is 157 Å². The van der Waals surface area contributed by atoms with Crippen LogP contribution in [0.5, 0.6) is 0 Å². The molecule has 0 unspecified atom stereocenters. The molecule has 4 aromatic heterocycles. The molecule has 0 spiro atoms. The average molecular weight is 520 g/mol. The number of anilines is 1. The van der Waals surface area contributed by atoms with Gasteiger partial charge in [0.05, 0.1) is 16.9 Å². The topological polar surface area (TPSA) is 69.6 Å². The number of nitrogens with two attached hydrogens (primary N) is 1. The summed E-state index contributed by atoms with van der Waals surface area (Å²) < 4.78 is 2.34. The van der Waals surface area contributed by atoms with E-state index in [0.29, 0.717) is 17.1 Å². The molecule has 0 fully saturated rings. The molecule has 2 N–H and O–H groups in total. The van der Waals surface area contributed by atoms with Crippen LogP contribution in [-0.2, 0) is 5.54 Å². The first kappa shape index (κ1) is 25.0. The van der Waals surface area contributed by atoms with Gasteiger partial charge in [0.25, 0.3) is 0 Å². The minimum atomic E-state index is -0.800. The number of pyridine rings is 3. The second-order valence-electron chi connectivity index (χ2n) is 9.54. The molecule has 0 amide bonds. The molecule has 0 saturated carbocycles. The number of aromatic nitrogens is 4. The molecule has 2 aromatic carbocycles. The van der Waals surface area contributed by atoms with E-state index in [1.54, 1.807) is 6.20 Å². The largest absolute Gasteiger partial charge is 0.397 e. The summed E-state index contributed by atoms with van der Waals surface area (Å²) in [6.45, 7) is 6.12. The molecular weight excluding hydrogens is 490 g/mol. The molecule has 40 heavy (non-hydrogen) atoms. The fourth-order valence-corrected chi connectivity index (χ4v) is 5.69. The maximum absolute atomic E-state index is 6.36. The van der Waals surface area contributed by atoms with Crippen LogP contribution < -0.4 is 5.73 Å². The SMILES string of the molecule is C=C/C=C(\C=C/C)C(c1ccccc1)(c1ccccc1)n1c2ccncc2c2ccc(-c3ncccc3N)nc21. The monoisotopic (exact) mass is 519 g/mol. The molecule has 4 heterocycles. The van der Waals surface area contributed by atoms with Crippen LogP contribution in [0.1, 0.15) is 18.1 Å². The van der Waals surface area contributed by atoms with Crippen LogP contribution in [0, 0.1) is 0 Å². The van der Waals surface area contributed by atoms with Crippen LogP contribution in [0.2, 0.25) is 0 Å². The first-order valence-corrected chi connectivity index (χ1v) is 13.2. The van der Waals surface area contributed by atoms with E-state index in [1.165, 1.54) is 0 Å². The van der Waals surface area contributed by atoms with Crippen LogP contribution >= 0.6 is 0 Å². The zero-order valence-corrected chi connectivity index (χ0v) is 22.3. The van der Waals surface area contributed by atoms with Crippen molar-refractivity contribution < 1.29 is 0 Å². The van der Waals surface area contributed by atoms with Crippen molar-refractivity contribution in [3.8, 4) is 11.4 Å². The highest BCUT2D eigenvalue weighted by Crippen LogP contribution is 2.46. The molecule has 5 heteroatoms. The van der Waals surface area contributed by atoms with Crippen molar-refractivity contribution in [1.29, 1.82) is 0 Å². The zero-order chi connectivity index (χ0) is 27.5. The molecule has 0 aliphatic heterocycles. The Hall–Kier alpha value is -5.29. The third-order valence-electron chi connectivity index (χ3n) is 7.28. The number of rotatable bonds is 7. The van der Waals surface area contributed by atoms with Gasteiger partial charge in [0.1, 0.15) is 16.9 Å².